The Morgan fingerprint density at radius 2 is 1.75 bits per heavy atom. The number of para-hydroxylation sites is 1. The Hall–Kier alpha value is -2.53. The quantitative estimate of drug-likeness (QED) is 0.652. The summed E-state index contributed by atoms with van der Waals surface area (Å²) in [6.45, 7) is 4.65. The molecule has 150 valence electrons. The van der Waals surface area contributed by atoms with E-state index < -0.39 is 6.04 Å². The number of hydrogen-bond acceptors (Lipinski definition) is 3. The molecule has 2 rings (SSSR count). The molecule has 6 heteroatoms. The van der Waals surface area contributed by atoms with Gasteiger partial charge < -0.3 is 15.0 Å². The molecular weight excluding hydrogens is 376 g/mol. The molecule has 1 unspecified atom stereocenters. The van der Waals surface area contributed by atoms with Crippen molar-refractivity contribution in [3.05, 3.63) is 65.2 Å². The Kier molecular flexibility index (Phi) is 8.82. The number of hydrogen-bond donors (Lipinski definition) is 1. The number of carbonyl (C=O) groups excluding carboxylic acids is 2. The van der Waals surface area contributed by atoms with Gasteiger partial charge in [-0.3, -0.25) is 9.59 Å². The molecule has 0 bridgehead atoms. The van der Waals surface area contributed by atoms with Gasteiger partial charge in [0.25, 0.3) is 5.91 Å². The van der Waals surface area contributed by atoms with Crippen LogP contribution in [-0.2, 0) is 16.1 Å². The van der Waals surface area contributed by atoms with E-state index in [-0.39, 0.29) is 18.4 Å². The van der Waals surface area contributed by atoms with Crippen LogP contribution in [0.25, 0.3) is 0 Å². The third-order valence-corrected chi connectivity index (χ3v) is 4.56. The molecule has 0 aliphatic heterocycles. The van der Waals surface area contributed by atoms with E-state index in [2.05, 4.69) is 5.32 Å². The van der Waals surface area contributed by atoms with Crippen molar-refractivity contribution in [1.82, 2.24) is 10.2 Å². The van der Waals surface area contributed by atoms with Crippen molar-refractivity contribution in [2.45, 2.75) is 39.3 Å². The number of halogens is 1. The Morgan fingerprint density at radius 3 is 2.36 bits per heavy atom. The number of rotatable bonds is 10. The lowest BCUT2D eigenvalue weighted by Crippen LogP contribution is -2.50. The molecule has 0 aromatic heterocycles. The molecule has 0 fully saturated rings. The largest absolute Gasteiger partial charge is 0.484 e. The van der Waals surface area contributed by atoms with Gasteiger partial charge in [0.1, 0.15) is 11.8 Å². The van der Waals surface area contributed by atoms with Gasteiger partial charge in [-0.15, -0.1) is 0 Å². The fourth-order valence-electron chi connectivity index (χ4n) is 2.82. The summed E-state index contributed by atoms with van der Waals surface area (Å²) in [5.41, 5.74) is 0.902. The molecule has 28 heavy (non-hydrogen) atoms. The van der Waals surface area contributed by atoms with Crippen molar-refractivity contribution in [3.63, 3.8) is 0 Å². The van der Waals surface area contributed by atoms with Gasteiger partial charge in [-0.05, 0) is 42.7 Å². The van der Waals surface area contributed by atoms with E-state index in [9.17, 15) is 9.59 Å². The monoisotopic (exact) mass is 402 g/mol. The Balaban J connectivity index is 2.16. The summed E-state index contributed by atoms with van der Waals surface area (Å²) in [7, 11) is 0. The molecule has 0 radical (unpaired) electrons. The predicted octanol–water partition coefficient (Wildman–Crippen LogP) is 4.05. The van der Waals surface area contributed by atoms with Gasteiger partial charge in [-0.25, -0.2) is 0 Å². The molecule has 1 atom stereocenters. The van der Waals surface area contributed by atoms with Crippen LogP contribution in [0.3, 0.4) is 0 Å². The number of carbonyl (C=O) groups is 2. The van der Waals surface area contributed by atoms with Gasteiger partial charge >= 0.3 is 0 Å². The second-order valence-corrected chi connectivity index (χ2v) is 6.90. The minimum Gasteiger partial charge on any atom is -0.484 e. The van der Waals surface area contributed by atoms with E-state index in [0.717, 1.165) is 12.0 Å². The first-order chi connectivity index (χ1) is 13.5. The van der Waals surface area contributed by atoms with Crippen LogP contribution in [0.15, 0.2) is 54.6 Å². The Bertz CT molecular complexity index is 750. The fraction of sp³-hybridized carbons (Fsp3) is 0.364. The van der Waals surface area contributed by atoms with Gasteiger partial charge in [0, 0.05) is 18.1 Å². The second kappa shape index (κ2) is 11.3. The molecule has 0 heterocycles. The van der Waals surface area contributed by atoms with Crippen LogP contribution in [0.2, 0.25) is 5.02 Å². The lowest BCUT2D eigenvalue weighted by Gasteiger charge is -2.30. The highest BCUT2D eigenvalue weighted by molar-refractivity contribution is 6.30. The van der Waals surface area contributed by atoms with E-state index in [1.807, 2.05) is 44.2 Å². The highest BCUT2D eigenvalue weighted by Gasteiger charge is 2.28. The fourth-order valence-corrected chi connectivity index (χ4v) is 2.94. The molecule has 0 spiro atoms. The number of ether oxygens (including phenoxy) is 1. The predicted molar refractivity (Wildman–Crippen MR) is 111 cm³/mol. The molecule has 2 aromatic rings. The van der Waals surface area contributed by atoms with Crippen LogP contribution in [0, 0.1) is 0 Å². The van der Waals surface area contributed by atoms with Crippen LogP contribution in [0.1, 0.15) is 32.3 Å². The summed E-state index contributed by atoms with van der Waals surface area (Å²) >= 11 is 5.96. The number of benzene rings is 2. The number of nitrogens with zero attached hydrogens (tertiary/aromatic N) is 1. The summed E-state index contributed by atoms with van der Waals surface area (Å²) in [5, 5.41) is 3.52. The first kappa shape index (κ1) is 21.8. The van der Waals surface area contributed by atoms with Crippen LogP contribution in [-0.4, -0.2) is 35.9 Å². The third-order valence-electron chi connectivity index (χ3n) is 4.31. The first-order valence-corrected chi connectivity index (χ1v) is 9.92. The van der Waals surface area contributed by atoms with Gasteiger partial charge in [0.15, 0.2) is 6.61 Å². The maximum Gasteiger partial charge on any atom is 0.261 e. The lowest BCUT2D eigenvalue weighted by molar-refractivity contribution is -0.143. The summed E-state index contributed by atoms with van der Waals surface area (Å²) < 4.78 is 5.62. The molecule has 2 amide bonds. The highest BCUT2D eigenvalue weighted by atomic mass is 35.5. The smallest absolute Gasteiger partial charge is 0.261 e. The van der Waals surface area contributed by atoms with Gasteiger partial charge in [0.2, 0.25) is 5.91 Å². The van der Waals surface area contributed by atoms with Crippen molar-refractivity contribution in [2.75, 3.05) is 13.2 Å². The molecule has 2 aromatic carbocycles. The Labute approximate surface area is 171 Å². The van der Waals surface area contributed by atoms with Crippen molar-refractivity contribution < 1.29 is 14.3 Å². The minimum atomic E-state index is -0.561. The molecule has 1 N–H and O–H groups in total. The SMILES string of the molecule is CCCNC(=O)C(CC)N(Cc1ccc(Cl)cc1)C(=O)COc1ccccc1. The normalized spacial score (nSPS) is 11.5. The molecular formula is C22H27ClN2O3. The molecule has 0 saturated heterocycles. The first-order valence-electron chi connectivity index (χ1n) is 9.54. The zero-order chi connectivity index (χ0) is 20.4. The van der Waals surface area contributed by atoms with Crippen LogP contribution in [0.5, 0.6) is 5.75 Å². The van der Waals surface area contributed by atoms with E-state index in [1.54, 1.807) is 29.2 Å². The van der Waals surface area contributed by atoms with Gasteiger partial charge in [-0.1, -0.05) is 55.8 Å². The average molecular weight is 403 g/mol. The van der Waals surface area contributed by atoms with Crippen molar-refractivity contribution >= 4 is 23.4 Å². The van der Waals surface area contributed by atoms with E-state index in [1.165, 1.54) is 0 Å². The van der Waals surface area contributed by atoms with Crippen molar-refractivity contribution in [1.29, 1.82) is 0 Å². The third kappa shape index (κ3) is 6.57. The summed E-state index contributed by atoms with van der Waals surface area (Å²) in [5.74, 6) is 0.231. The van der Waals surface area contributed by atoms with E-state index in [0.29, 0.717) is 30.3 Å². The maximum absolute atomic E-state index is 13.0. The average Bonchev–Trinajstić information content (AvgIpc) is 2.72. The number of nitrogens with one attached hydrogen (secondary N) is 1. The zero-order valence-corrected chi connectivity index (χ0v) is 17.1. The zero-order valence-electron chi connectivity index (χ0n) is 16.4. The summed E-state index contributed by atoms with van der Waals surface area (Å²) in [6, 6.07) is 15.9. The van der Waals surface area contributed by atoms with E-state index >= 15 is 0 Å². The van der Waals surface area contributed by atoms with Crippen molar-refractivity contribution in [3.8, 4) is 5.75 Å². The molecule has 0 aliphatic rings. The maximum atomic E-state index is 13.0. The highest BCUT2D eigenvalue weighted by Crippen LogP contribution is 2.16. The van der Waals surface area contributed by atoms with Gasteiger partial charge in [0.05, 0.1) is 0 Å². The molecule has 0 aliphatic carbocycles. The van der Waals surface area contributed by atoms with Gasteiger partial charge in [-0.2, -0.15) is 0 Å². The molecule has 5 nitrogen and oxygen atoms in total. The lowest BCUT2D eigenvalue weighted by atomic mass is 10.1. The summed E-state index contributed by atoms with van der Waals surface area (Å²) in [6.07, 6.45) is 1.35. The van der Waals surface area contributed by atoms with Crippen LogP contribution >= 0.6 is 11.6 Å². The Morgan fingerprint density at radius 1 is 1.07 bits per heavy atom. The van der Waals surface area contributed by atoms with Crippen LogP contribution < -0.4 is 10.1 Å². The number of amides is 2. The van der Waals surface area contributed by atoms with E-state index in [4.69, 9.17) is 16.3 Å². The minimum absolute atomic E-state index is 0.130. The standard InChI is InChI=1S/C22H27ClN2O3/c1-3-14-24-22(27)20(4-2)25(15-17-10-12-18(23)13-11-17)21(26)16-28-19-8-6-5-7-9-19/h5-13,20H,3-4,14-16H2,1-2H3,(H,24,27). The second-order valence-electron chi connectivity index (χ2n) is 6.46. The summed E-state index contributed by atoms with van der Waals surface area (Å²) in [4.78, 5) is 27.2. The van der Waals surface area contributed by atoms with Crippen LogP contribution in [0.4, 0.5) is 0 Å². The topological polar surface area (TPSA) is 58.6 Å². The van der Waals surface area contributed by atoms with Crippen molar-refractivity contribution in [2.24, 2.45) is 0 Å². The molecule has 0 saturated carbocycles.